The van der Waals surface area contributed by atoms with E-state index in [2.05, 4.69) is 15.0 Å². The van der Waals surface area contributed by atoms with E-state index in [0.717, 1.165) is 18.5 Å². The first-order valence-corrected chi connectivity index (χ1v) is 9.43. The van der Waals surface area contributed by atoms with Crippen LogP contribution in [0.1, 0.15) is 29.9 Å². The van der Waals surface area contributed by atoms with E-state index in [4.69, 9.17) is 0 Å². The van der Waals surface area contributed by atoms with Crippen molar-refractivity contribution in [3.63, 3.8) is 0 Å². The van der Waals surface area contributed by atoms with Crippen LogP contribution in [0.4, 0.5) is 0 Å². The number of sulfonamides is 1. The molecule has 0 spiro atoms. The molecule has 2 aliphatic heterocycles. The fourth-order valence-corrected chi connectivity index (χ4v) is 5.68. The largest absolute Gasteiger partial charge is 0.311 e. The molecule has 2 aliphatic rings. The van der Waals surface area contributed by atoms with Crippen LogP contribution in [0, 0.1) is 6.92 Å². The molecule has 1 fully saturated rings. The fraction of sp³-hybridized carbons (Fsp3) is 0.438. The zero-order chi connectivity index (χ0) is 16.9. The van der Waals surface area contributed by atoms with Gasteiger partial charge < -0.3 is 4.98 Å². The summed E-state index contributed by atoms with van der Waals surface area (Å²) in [7, 11) is -3.63. The molecule has 2 atom stereocenters. The topological polar surface area (TPSA) is 96.0 Å². The molecule has 0 amide bonds. The van der Waals surface area contributed by atoms with Crippen LogP contribution in [0.2, 0.25) is 0 Å². The molecule has 4 heterocycles. The average molecular weight is 346 g/mol. The Hall–Kier alpha value is -2.06. The highest BCUT2D eigenvalue weighted by Crippen LogP contribution is 2.36. The van der Waals surface area contributed by atoms with E-state index in [9.17, 15) is 13.2 Å². The number of aryl methyl sites for hydroxylation is 1. The van der Waals surface area contributed by atoms with Gasteiger partial charge in [-0.3, -0.25) is 9.78 Å². The Morgan fingerprint density at radius 1 is 1.25 bits per heavy atom. The van der Waals surface area contributed by atoms with Gasteiger partial charge >= 0.3 is 0 Å². The van der Waals surface area contributed by atoms with E-state index in [-0.39, 0.29) is 22.5 Å². The Morgan fingerprint density at radius 3 is 2.71 bits per heavy atom. The molecule has 2 aromatic heterocycles. The number of nitrogens with one attached hydrogen (secondary N) is 1. The van der Waals surface area contributed by atoms with Gasteiger partial charge in [-0.1, -0.05) is 0 Å². The predicted octanol–water partition coefficient (Wildman–Crippen LogP) is 0.794. The van der Waals surface area contributed by atoms with Crippen molar-refractivity contribution in [2.75, 3.05) is 0 Å². The highest BCUT2D eigenvalue weighted by Gasteiger charge is 2.45. The van der Waals surface area contributed by atoms with Gasteiger partial charge in [0.05, 0.1) is 5.69 Å². The average Bonchev–Trinajstić information content (AvgIpc) is 2.85. The van der Waals surface area contributed by atoms with Gasteiger partial charge in [0.2, 0.25) is 10.0 Å². The smallest absolute Gasteiger partial charge is 0.254 e. The quantitative estimate of drug-likeness (QED) is 0.867. The number of aromatic nitrogens is 3. The van der Waals surface area contributed by atoms with Crippen molar-refractivity contribution in [3.8, 4) is 0 Å². The second-order valence-corrected chi connectivity index (χ2v) is 8.24. The number of rotatable bonds is 2. The number of aromatic amines is 1. The van der Waals surface area contributed by atoms with E-state index in [1.165, 1.54) is 6.20 Å². The van der Waals surface area contributed by atoms with Crippen LogP contribution >= 0.6 is 0 Å². The molecular formula is C16H18N4O3S. The van der Waals surface area contributed by atoms with E-state index < -0.39 is 10.0 Å². The standard InChI is InChI=1S/C16H18N4O3S/c1-10-18-15-8-12-5-4-11(7-14(15)16(21)19-10)20(12)24(22,23)13-3-2-6-17-9-13/h2-3,6,9,11-12H,4-5,7-8H2,1H3,(H,18,19,21)/t11-,12+/m1/s1. The lowest BCUT2D eigenvalue weighted by atomic mass is 9.98. The Balaban J connectivity index is 1.79. The molecule has 4 rings (SSSR count). The van der Waals surface area contributed by atoms with Crippen LogP contribution in [0.15, 0.2) is 34.2 Å². The maximum absolute atomic E-state index is 13.1. The second kappa shape index (κ2) is 5.49. The molecule has 2 bridgehead atoms. The van der Waals surface area contributed by atoms with Crippen LogP contribution in [-0.2, 0) is 22.9 Å². The molecule has 126 valence electrons. The summed E-state index contributed by atoms with van der Waals surface area (Å²) in [5, 5.41) is 0. The Bertz CT molecular complexity index is 940. The highest BCUT2D eigenvalue weighted by atomic mass is 32.2. The van der Waals surface area contributed by atoms with Crippen LogP contribution < -0.4 is 5.56 Å². The summed E-state index contributed by atoms with van der Waals surface area (Å²) in [4.78, 5) is 23.6. The number of fused-ring (bicyclic) bond motifs is 3. The minimum Gasteiger partial charge on any atom is -0.311 e. The molecule has 1 N–H and O–H groups in total. The van der Waals surface area contributed by atoms with Crippen LogP contribution in [-0.4, -0.2) is 39.8 Å². The van der Waals surface area contributed by atoms with E-state index in [0.29, 0.717) is 24.2 Å². The molecular weight excluding hydrogens is 328 g/mol. The van der Waals surface area contributed by atoms with Crippen LogP contribution in [0.5, 0.6) is 0 Å². The first-order chi connectivity index (χ1) is 11.5. The van der Waals surface area contributed by atoms with Gasteiger partial charge in [-0.2, -0.15) is 4.31 Å². The predicted molar refractivity (Wildman–Crippen MR) is 87.1 cm³/mol. The summed E-state index contributed by atoms with van der Waals surface area (Å²) in [5.41, 5.74) is 1.21. The van der Waals surface area contributed by atoms with Crippen molar-refractivity contribution in [3.05, 3.63) is 52.0 Å². The minimum atomic E-state index is -3.63. The lowest BCUT2D eigenvalue weighted by Gasteiger charge is -2.26. The van der Waals surface area contributed by atoms with Gasteiger partial charge in [0.15, 0.2) is 0 Å². The third kappa shape index (κ3) is 2.37. The van der Waals surface area contributed by atoms with Gasteiger partial charge in [0.25, 0.3) is 5.56 Å². The fourth-order valence-electron chi connectivity index (χ4n) is 3.84. The molecule has 8 heteroatoms. The number of pyridine rings is 1. The molecule has 0 aliphatic carbocycles. The Labute approximate surface area is 139 Å². The molecule has 0 saturated carbocycles. The molecule has 0 radical (unpaired) electrons. The van der Waals surface area contributed by atoms with Crippen molar-refractivity contribution in [1.82, 2.24) is 19.3 Å². The minimum absolute atomic E-state index is 0.149. The summed E-state index contributed by atoms with van der Waals surface area (Å²) >= 11 is 0. The summed E-state index contributed by atoms with van der Waals surface area (Å²) < 4.78 is 27.8. The molecule has 0 aromatic carbocycles. The van der Waals surface area contributed by atoms with Gasteiger partial charge in [0, 0.05) is 36.5 Å². The third-order valence-electron chi connectivity index (χ3n) is 4.85. The first kappa shape index (κ1) is 15.5. The van der Waals surface area contributed by atoms with Crippen LogP contribution in [0.3, 0.4) is 0 Å². The Kier molecular flexibility index (Phi) is 3.54. The van der Waals surface area contributed by atoms with E-state index >= 15 is 0 Å². The normalized spacial score (nSPS) is 23.7. The number of hydrogen-bond acceptors (Lipinski definition) is 5. The van der Waals surface area contributed by atoms with Crippen molar-refractivity contribution in [2.24, 2.45) is 0 Å². The van der Waals surface area contributed by atoms with Gasteiger partial charge in [-0.05, 0) is 38.3 Å². The number of hydrogen-bond donors (Lipinski definition) is 1. The summed E-state index contributed by atoms with van der Waals surface area (Å²) in [5.74, 6) is 0.568. The maximum Gasteiger partial charge on any atom is 0.254 e. The molecule has 7 nitrogen and oxygen atoms in total. The van der Waals surface area contributed by atoms with E-state index in [1.807, 2.05) is 0 Å². The lowest BCUT2D eigenvalue weighted by molar-refractivity contribution is 0.327. The van der Waals surface area contributed by atoms with Gasteiger partial charge in [-0.15, -0.1) is 0 Å². The lowest BCUT2D eigenvalue weighted by Crippen LogP contribution is -2.41. The monoisotopic (exact) mass is 346 g/mol. The van der Waals surface area contributed by atoms with Gasteiger partial charge in [0.1, 0.15) is 10.7 Å². The summed E-state index contributed by atoms with van der Waals surface area (Å²) in [6.45, 7) is 1.75. The number of H-pyrrole nitrogens is 1. The van der Waals surface area contributed by atoms with Crippen LogP contribution in [0.25, 0.3) is 0 Å². The first-order valence-electron chi connectivity index (χ1n) is 7.99. The molecule has 2 aromatic rings. The number of nitrogens with zero attached hydrogens (tertiary/aromatic N) is 3. The second-order valence-electron chi connectivity index (χ2n) is 6.39. The van der Waals surface area contributed by atoms with E-state index in [1.54, 1.807) is 29.6 Å². The Morgan fingerprint density at radius 2 is 2.00 bits per heavy atom. The summed E-state index contributed by atoms with van der Waals surface area (Å²) in [6.07, 6.45) is 5.37. The molecule has 1 saturated heterocycles. The molecule has 24 heavy (non-hydrogen) atoms. The highest BCUT2D eigenvalue weighted by molar-refractivity contribution is 7.89. The SMILES string of the molecule is Cc1nc2c(c(=O)[nH]1)C[C@H]1CC[C@@H](C2)N1S(=O)(=O)c1cccnc1. The van der Waals surface area contributed by atoms with Crippen molar-refractivity contribution < 1.29 is 8.42 Å². The zero-order valence-corrected chi connectivity index (χ0v) is 14.1. The van der Waals surface area contributed by atoms with Crippen molar-refractivity contribution in [1.29, 1.82) is 0 Å². The van der Waals surface area contributed by atoms with Gasteiger partial charge in [-0.25, -0.2) is 13.4 Å². The van der Waals surface area contributed by atoms with Crippen molar-refractivity contribution >= 4 is 10.0 Å². The summed E-state index contributed by atoms with van der Waals surface area (Å²) in [6, 6.07) is 2.83. The molecule has 0 unspecified atom stereocenters. The van der Waals surface area contributed by atoms with Crippen molar-refractivity contribution in [2.45, 2.75) is 49.6 Å². The third-order valence-corrected chi connectivity index (χ3v) is 6.84. The maximum atomic E-state index is 13.1. The zero-order valence-electron chi connectivity index (χ0n) is 13.3.